The van der Waals surface area contributed by atoms with Crippen LogP contribution in [0.4, 0.5) is 19.6 Å². The number of thiazole rings is 1. The van der Waals surface area contributed by atoms with Gasteiger partial charge in [0.2, 0.25) is 11.7 Å². The summed E-state index contributed by atoms with van der Waals surface area (Å²) in [5, 5.41) is 8.58. The fraction of sp³-hybridized carbons (Fsp3) is 0.222. The van der Waals surface area contributed by atoms with Crippen LogP contribution in [-0.2, 0) is 18.4 Å². The van der Waals surface area contributed by atoms with Crippen LogP contribution in [0.15, 0.2) is 42.7 Å². The molecule has 0 atom stereocenters. The van der Waals surface area contributed by atoms with E-state index in [1.165, 1.54) is 66.6 Å². The van der Waals surface area contributed by atoms with Crippen molar-refractivity contribution in [1.29, 1.82) is 0 Å². The number of aromatic nitrogens is 3. The summed E-state index contributed by atoms with van der Waals surface area (Å²) in [5.41, 5.74) is 0.543. The summed E-state index contributed by atoms with van der Waals surface area (Å²) >= 11 is 7.56. The lowest BCUT2D eigenvalue weighted by atomic mass is 10.1. The van der Waals surface area contributed by atoms with Gasteiger partial charge in [-0.15, -0.1) is 0 Å². The monoisotopic (exact) mass is 617 g/mol. The van der Waals surface area contributed by atoms with E-state index in [2.05, 4.69) is 25.9 Å². The summed E-state index contributed by atoms with van der Waals surface area (Å²) in [6.45, 7) is 0.378. The molecule has 0 aliphatic heterocycles. The minimum Gasteiger partial charge on any atom is -0.494 e. The maximum atomic E-state index is 14.6. The first-order valence-electron chi connectivity index (χ1n) is 12.3. The summed E-state index contributed by atoms with van der Waals surface area (Å²) in [6.07, 6.45) is 2.81. The fourth-order valence-electron chi connectivity index (χ4n) is 3.88. The summed E-state index contributed by atoms with van der Waals surface area (Å²) in [6, 6.07) is 6.96. The number of anilines is 2. The molecule has 0 saturated carbocycles. The molecular formula is C27H26ClF2N7O4S. The second kappa shape index (κ2) is 13.1. The van der Waals surface area contributed by atoms with E-state index in [1.807, 2.05) is 0 Å². The lowest BCUT2D eigenvalue weighted by Gasteiger charge is -2.11. The first kappa shape index (κ1) is 30.6. The highest BCUT2D eigenvalue weighted by Gasteiger charge is 2.22. The minimum absolute atomic E-state index is 0.0691. The summed E-state index contributed by atoms with van der Waals surface area (Å²) < 4.78 is 34.9. The standard InChI is InChI=1S/C27H26ClF2N7O4S/c1-36(2)13-21(38)35-27-33-11-15(42-27)10-32-25(39)16-6-5-14(9-18(16)28)34-26(40)24-31-12-19(37(24)3)17-7-8-20(41-4)23(30)22(17)29/h5-9,11-12H,10,13H2,1-4H3,(H,32,39)(H,34,40)(H,33,35,38). The molecule has 4 aromatic rings. The van der Waals surface area contributed by atoms with Gasteiger partial charge in [-0.1, -0.05) is 22.9 Å². The second-order valence-electron chi connectivity index (χ2n) is 9.22. The van der Waals surface area contributed by atoms with Gasteiger partial charge in [-0.3, -0.25) is 14.4 Å². The fourth-order valence-corrected chi connectivity index (χ4v) is 4.91. The average molecular weight is 618 g/mol. The van der Waals surface area contributed by atoms with Gasteiger partial charge in [0.25, 0.3) is 11.8 Å². The molecule has 0 spiro atoms. The molecule has 42 heavy (non-hydrogen) atoms. The Bertz CT molecular complexity index is 1660. The molecule has 0 unspecified atom stereocenters. The van der Waals surface area contributed by atoms with Gasteiger partial charge in [0, 0.05) is 29.4 Å². The number of hydrogen-bond donors (Lipinski definition) is 3. The molecule has 15 heteroatoms. The number of methoxy groups -OCH3 is 1. The van der Waals surface area contributed by atoms with Crippen molar-refractivity contribution in [3.8, 4) is 17.0 Å². The van der Waals surface area contributed by atoms with Crippen LogP contribution >= 0.6 is 22.9 Å². The highest BCUT2D eigenvalue weighted by molar-refractivity contribution is 7.15. The number of carbonyl (C=O) groups excluding carboxylic acids is 3. The first-order chi connectivity index (χ1) is 20.0. The van der Waals surface area contributed by atoms with Crippen LogP contribution in [0.25, 0.3) is 11.3 Å². The van der Waals surface area contributed by atoms with Gasteiger partial charge in [-0.25, -0.2) is 14.4 Å². The Kier molecular flexibility index (Phi) is 9.50. The van der Waals surface area contributed by atoms with Gasteiger partial charge >= 0.3 is 0 Å². The molecular weight excluding hydrogens is 592 g/mol. The van der Waals surface area contributed by atoms with E-state index in [9.17, 15) is 23.2 Å². The van der Waals surface area contributed by atoms with E-state index >= 15 is 0 Å². The minimum atomic E-state index is -1.15. The molecule has 220 valence electrons. The van der Waals surface area contributed by atoms with Crippen LogP contribution in [0.5, 0.6) is 5.75 Å². The normalized spacial score (nSPS) is 11.0. The number of halogens is 3. The number of carbonyl (C=O) groups is 3. The number of imidazole rings is 1. The number of benzene rings is 2. The van der Waals surface area contributed by atoms with Gasteiger partial charge in [-0.2, -0.15) is 4.39 Å². The van der Waals surface area contributed by atoms with Crippen LogP contribution in [0.3, 0.4) is 0 Å². The number of hydrogen-bond acceptors (Lipinski definition) is 8. The third-order valence-corrected chi connectivity index (χ3v) is 7.11. The van der Waals surface area contributed by atoms with Gasteiger partial charge in [-0.05, 0) is 44.4 Å². The van der Waals surface area contributed by atoms with Gasteiger partial charge in [0.05, 0.1) is 42.7 Å². The zero-order chi connectivity index (χ0) is 30.6. The zero-order valence-electron chi connectivity index (χ0n) is 22.9. The van der Waals surface area contributed by atoms with E-state index in [1.54, 1.807) is 25.2 Å². The lowest BCUT2D eigenvalue weighted by Crippen LogP contribution is -2.26. The maximum absolute atomic E-state index is 14.6. The molecule has 11 nitrogen and oxygen atoms in total. The Morgan fingerprint density at radius 3 is 2.50 bits per heavy atom. The van der Waals surface area contributed by atoms with Crippen molar-refractivity contribution in [2.45, 2.75) is 6.54 Å². The molecule has 2 aromatic heterocycles. The average Bonchev–Trinajstić information content (AvgIpc) is 3.54. The summed E-state index contributed by atoms with van der Waals surface area (Å²) in [7, 11) is 6.27. The highest BCUT2D eigenvalue weighted by atomic mass is 35.5. The van der Waals surface area contributed by atoms with Crippen molar-refractivity contribution < 1.29 is 27.9 Å². The van der Waals surface area contributed by atoms with Crippen molar-refractivity contribution in [2.75, 3.05) is 38.4 Å². The number of nitrogens with zero attached hydrogens (tertiary/aromatic N) is 4. The maximum Gasteiger partial charge on any atom is 0.291 e. The lowest BCUT2D eigenvalue weighted by molar-refractivity contribution is -0.116. The van der Waals surface area contributed by atoms with Gasteiger partial charge in [0.15, 0.2) is 22.5 Å². The molecule has 2 heterocycles. The van der Waals surface area contributed by atoms with E-state index in [0.717, 1.165) is 4.88 Å². The van der Waals surface area contributed by atoms with Crippen LogP contribution < -0.4 is 20.7 Å². The van der Waals surface area contributed by atoms with E-state index in [-0.39, 0.29) is 58.1 Å². The third kappa shape index (κ3) is 6.90. The molecule has 0 fully saturated rings. The van der Waals surface area contributed by atoms with Gasteiger partial charge < -0.3 is 30.2 Å². The van der Waals surface area contributed by atoms with Crippen LogP contribution in [-0.4, -0.2) is 64.9 Å². The zero-order valence-corrected chi connectivity index (χ0v) is 24.5. The molecule has 0 aliphatic rings. The first-order valence-corrected chi connectivity index (χ1v) is 13.5. The van der Waals surface area contributed by atoms with Crippen LogP contribution in [0.2, 0.25) is 5.02 Å². The third-order valence-electron chi connectivity index (χ3n) is 5.89. The molecule has 3 amide bonds. The Morgan fingerprint density at radius 1 is 1.05 bits per heavy atom. The van der Waals surface area contributed by atoms with E-state index < -0.39 is 23.4 Å². The van der Waals surface area contributed by atoms with Crippen molar-refractivity contribution in [3.05, 3.63) is 75.6 Å². The number of nitrogens with one attached hydrogen (secondary N) is 3. The molecule has 0 saturated heterocycles. The predicted octanol–water partition coefficient (Wildman–Crippen LogP) is 4.17. The molecule has 4 rings (SSSR count). The van der Waals surface area contributed by atoms with Gasteiger partial charge in [0.1, 0.15) is 0 Å². The number of amides is 3. The molecule has 0 aliphatic carbocycles. The quantitative estimate of drug-likeness (QED) is 0.244. The topological polar surface area (TPSA) is 130 Å². The van der Waals surface area contributed by atoms with Crippen molar-refractivity contribution in [1.82, 2.24) is 24.8 Å². The predicted molar refractivity (Wildman–Crippen MR) is 155 cm³/mol. The Labute approximate surface area is 248 Å². The van der Waals surface area contributed by atoms with Crippen LogP contribution in [0.1, 0.15) is 25.9 Å². The number of likely N-dealkylation sites (N-methyl/N-ethyl adjacent to an activating group) is 1. The van der Waals surface area contributed by atoms with Crippen molar-refractivity contribution in [2.24, 2.45) is 7.05 Å². The Morgan fingerprint density at radius 2 is 1.81 bits per heavy atom. The molecule has 0 bridgehead atoms. The molecule has 3 N–H and O–H groups in total. The van der Waals surface area contributed by atoms with Crippen molar-refractivity contribution in [3.63, 3.8) is 0 Å². The number of ether oxygens (including phenoxy) is 1. The SMILES string of the molecule is COc1ccc(-c2cnc(C(=O)Nc3ccc(C(=O)NCc4cnc(NC(=O)CN(C)C)s4)c(Cl)c3)n2C)c(F)c1F. The van der Waals surface area contributed by atoms with Crippen molar-refractivity contribution >= 4 is 51.5 Å². The Balaban J connectivity index is 1.38. The molecule has 0 radical (unpaired) electrons. The smallest absolute Gasteiger partial charge is 0.291 e. The van der Waals surface area contributed by atoms with E-state index in [0.29, 0.717) is 5.13 Å². The van der Waals surface area contributed by atoms with Crippen LogP contribution in [0, 0.1) is 11.6 Å². The Hall–Kier alpha value is -4.40. The number of rotatable bonds is 10. The van der Waals surface area contributed by atoms with E-state index in [4.69, 9.17) is 16.3 Å². The summed E-state index contributed by atoms with van der Waals surface area (Å²) in [5.74, 6) is -3.88. The second-order valence-corrected chi connectivity index (χ2v) is 10.7. The summed E-state index contributed by atoms with van der Waals surface area (Å²) in [4.78, 5) is 48.2. The largest absolute Gasteiger partial charge is 0.494 e. The highest BCUT2D eigenvalue weighted by Crippen LogP contribution is 2.30. The molecule has 2 aromatic carbocycles.